The van der Waals surface area contributed by atoms with E-state index < -0.39 is 0 Å². The number of hydrogen-bond acceptors (Lipinski definition) is 0. The van der Waals surface area contributed by atoms with Gasteiger partial charge in [0.05, 0.1) is 5.56 Å². The maximum atomic E-state index is 2.46. The average Bonchev–Trinajstić information content (AvgIpc) is 3.01. The van der Waals surface area contributed by atoms with Gasteiger partial charge in [-0.3, -0.25) is 0 Å². The van der Waals surface area contributed by atoms with Gasteiger partial charge >= 0.3 is 0 Å². The normalized spacial score (nSPS) is 12.6. The molecule has 0 N–H and O–H groups in total. The zero-order valence-electron chi connectivity index (χ0n) is 18.4. The molecule has 0 unspecified atom stereocenters. The van der Waals surface area contributed by atoms with Crippen molar-refractivity contribution in [3.8, 4) is 22.4 Å². The Hall–Kier alpha value is -2.41. The Kier molecular flexibility index (Phi) is 4.65. The molecule has 0 aliphatic heterocycles. The van der Waals surface area contributed by atoms with Crippen molar-refractivity contribution in [2.75, 3.05) is 0 Å². The van der Waals surface area contributed by atoms with E-state index in [1.165, 1.54) is 55.8 Å². The lowest BCUT2D eigenvalue weighted by Crippen LogP contribution is -2.33. The summed E-state index contributed by atoms with van der Waals surface area (Å²) in [5.41, 5.74) is 14.3. The molecule has 0 radical (unpaired) electrons. The predicted molar refractivity (Wildman–Crippen MR) is 119 cm³/mol. The fourth-order valence-electron chi connectivity index (χ4n) is 4.91. The molecule has 0 fully saturated rings. The van der Waals surface area contributed by atoms with Gasteiger partial charge in [-0.15, -0.1) is 0 Å². The van der Waals surface area contributed by atoms with Gasteiger partial charge in [0.15, 0.2) is 6.20 Å². The Morgan fingerprint density at radius 2 is 1.50 bits per heavy atom. The van der Waals surface area contributed by atoms with Gasteiger partial charge in [-0.2, -0.15) is 0 Å². The molecule has 144 valence electrons. The summed E-state index contributed by atoms with van der Waals surface area (Å²) in [6, 6.07) is 13.8. The Morgan fingerprint density at radius 3 is 2.18 bits per heavy atom. The van der Waals surface area contributed by atoms with Gasteiger partial charge in [0.2, 0.25) is 5.69 Å². The fourth-order valence-corrected chi connectivity index (χ4v) is 4.91. The Balaban J connectivity index is 1.99. The summed E-state index contributed by atoms with van der Waals surface area (Å²) in [5, 5.41) is 0. The molecular formula is C27H32N+. The molecule has 0 spiro atoms. The van der Waals surface area contributed by atoms with E-state index in [-0.39, 0.29) is 0 Å². The second-order valence-corrected chi connectivity index (χ2v) is 9.06. The van der Waals surface area contributed by atoms with Gasteiger partial charge in [-0.1, -0.05) is 58.0 Å². The molecule has 4 rings (SSSR count). The molecule has 1 aromatic heterocycles. The maximum absolute atomic E-state index is 2.46. The van der Waals surface area contributed by atoms with Crippen molar-refractivity contribution in [1.29, 1.82) is 0 Å². The molecule has 1 nitrogen and oxygen atoms in total. The molecule has 1 heteroatoms. The van der Waals surface area contributed by atoms with Gasteiger partial charge in [0.1, 0.15) is 7.05 Å². The van der Waals surface area contributed by atoms with Gasteiger partial charge in [0, 0.05) is 11.6 Å². The molecule has 0 bridgehead atoms. The lowest BCUT2D eigenvalue weighted by atomic mass is 9.88. The van der Waals surface area contributed by atoms with Gasteiger partial charge < -0.3 is 0 Å². The Morgan fingerprint density at radius 1 is 0.821 bits per heavy atom. The number of rotatable bonds is 3. The Bertz CT molecular complexity index is 1070. The highest BCUT2D eigenvalue weighted by Gasteiger charge is 2.28. The van der Waals surface area contributed by atoms with Crippen LogP contribution in [-0.2, 0) is 13.5 Å². The van der Waals surface area contributed by atoms with Gasteiger partial charge in [-0.05, 0) is 71.0 Å². The highest BCUT2D eigenvalue weighted by molar-refractivity contribution is 5.86. The van der Waals surface area contributed by atoms with Crippen LogP contribution in [0.1, 0.15) is 72.9 Å². The van der Waals surface area contributed by atoms with E-state index >= 15 is 0 Å². The average molecular weight is 371 g/mol. The molecular weight excluding hydrogens is 338 g/mol. The van der Waals surface area contributed by atoms with E-state index in [9.17, 15) is 0 Å². The topological polar surface area (TPSA) is 3.88 Å². The molecule has 1 aliphatic carbocycles. The van der Waals surface area contributed by atoms with Gasteiger partial charge in [-0.25, -0.2) is 4.57 Å². The number of hydrogen-bond donors (Lipinski definition) is 0. The summed E-state index contributed by atoms with van der Waals surface area (Å²) in [5.74, 6) is 1.06. The van der Waals surface area contributed by atoms with Crippen molar-refractivity contribution in [2.24, 2.45) is 7.05 Å². The van der Waals surface area contributed by atoms with Crippen molar-refractivity contribution in [3.63, 3.8) is 0 Å². The first-order valence-corrected chi connectivity index (χ1v) is 10.5. The van der Waals surface area contributed by atoms with E-state index in [2.05, 4.69) is 95.8 Å². The van der Waals surface area contributed by atoms with Crippen LogP contribution in [-0.4, -0.2) is 0 Å². The molecule has 0 atom stereocenters. The third kappa shape index (κ3) is 2.89. The zero-order chi connectivity index (χ0) is 20.2. The number of pyridine rings is 1. The molecule has 0 saturated heterocycles. The van der Waals surface area contributed by atoms with E-state index in [0.29, 0.717) is 11.8 Å². The third-order valence-electron chi connectivity index (χ3n) is 6.36. The van der Waals surface area contributed by atoms with Crippen molar-refractivity contribution < 1.29 is 4.57 Å². The highest BCUT2D eigenvalue weighted by Crippen LogP contribution is 2.44. The molecule has 1 heterocycles. The second kappa shape index (κ2) is 6.88. The smallest absolute Gasteiger partial charge is 0.201 e. The summed E-state index contributed by atoms with van der Waals surface area (Å²) >= 11 is 0. The number of nitrogens with zero attached hydrogens (tertiary/aromatic N) is 1. The zero-order valence-corrected chi connectivity index (χ0v) is 18.4. The monoisotopic (exact) mass is 370 g/mol. The fraction of sp³-hybridized carbons (Fsp3) is 0.370. The van der Waals surface area contributed by atoms with E-state index in [0.717, 1.165) is 6.42 Å². The number of aryl methyl sites for hydroxylation is 3. The summed E-state index contributed by atoms with van der Waals surface area (Å²) in [6.45, 7) is 13.7. The minimum Gasteiger partial charge on any atom is -0.201 e. The predicted octanol–water partition coefficient (Wildman–Crippen LogP) is 6.61. The number of aromatic nitrogens is 1. The van der Waals surface area contributed by atoms with E-state index in [1.54, 1.807) is 0 Å². The lowest BCUT2D eigenvalue weighted by Gasteiger charge is -2.18. The largest absolute Gasteiger partial charge is 0.213 e. The summed E-state index contributed by atoms with van der Waals surface area (Å²) in [7, 11) is 2.21. The van der Waals surface area contributed by atoms with Crippen molar-refractivity contribution in [2.45, 2.75) is 59.8 Å². The van der Waals surface area contributed by atoms with Crippen LogP contribution in [0.15, 0.2) is 42.6 Å². The number of benzene rings is 2. The van der Waals surface area contributed by atoms with Crippen molar-refractivity contribution >= 4 is 0 Å². The van der Waals surface area contributed by atoms with Gasteiger partial charge in [0.25, 0.3) is 0 Å². The first-order valence-electron chi connectivity index (χ1n) is 10.5. The first-order chi connectivity index (χ1) is 13.3. The first kappa shape index (κ1) is 18.9. The second-order valence-electron chi connectivity index (χ2n) is 9.06. The van der Waals surface area contributed by atoms with Crippen LogP contribution >= 0.6 is 0 Å². The van der Waals surface area contributed by atoms with Crippen LogP contribution in [0.5, 0.6) is 0 Å². The summed E-state index contributed by atoms with van der Waals surface area (Å²) < 4.78 is 2.35. The summed E-state index contributed by atoms with van der Waals surface area (Å²) in [6.07, 6.45) is 3.40. The van der Waals surface area contributed by atoms with Crippen molar-refractivity contribution in [1.82, 2.24) is 0 Å². The molecule has 0 saturated carbocycles. The SMILES string of the molecule is Cc1cccc2c1-c1ccc(C)c(-c3cc(C(C)C)c(C(C)C)c[n+]3C)c1C2. The minimum atomic E-state index is 0.522. The standard InChI is InChI=1S/C27H32N/c1-16(2)22-14-25(28(7)15-24(22)17(3)4)27-19(6)11-12-21-23(27)13-20-10-8-9-18(5)26(20)21/h8-12,14-17H,13H2,1-7H3/q+1. The van der Waals surface area contributed by atoms with Crippen molar-refractivity contribution in [3.05, 3.63) is 76.0 Å². The van der Waals surface area contributed by atoms with E-state index in [4.69, 9.17) is 0 Å². The quantitative estimate of drug-likeness (QED) is 0.357. The van der Waals surface area contributed by atoms with Crippen LogP contribution < -0.4 is 4.57 Å². The van der Waals surface area contributed by atoms with Crippen LogP contribution in [0.2, 0.25) is 0 Å². The molecule has 1 aliphatic rings. The Labute approximate surface area is 170 Å². The molecule has 3 aromatic rings. The summed E-state index contributed by atoms with van der Waals surface area (Å²) in [4.78, 5) is 0. The van der Waals surface area contributed by atoms with Crippen LogP contribution in [0.3, 0.4) is 0 Å². The van der Waals surface area contributed by atoms with Crippen LogP contribution in [0.25, 0.3) is 22.4 Å². The van der Waals surface area contributed by atoms with E-state index in [1.807, 2.05) is 0 Å². The molecule has 2 aromatic carbocycles. The minimum absolute atomic E-state index is 0.522. The highest BCUT2D eigenvalue weighted by atomic mass is 14.9. The maximum Gasteiger partial charge on any atom is 0.213 e. The number of fused-ring (bicyclic) bond motifs is 3. The third-order valence-corrected chi connectivity index (χ3v) is 6.36. The van der Waals surface area contributed by atoms with Crippen LogP contribution in [0, 0.1) is 13.8 Å². The molecule has 28 heavy (non-hydrogen) atoms. The van der Waals surface area contributed by atoms with Crippen LogP contribution in [0.4, 0.5) is 0 Å². The molecule has 0 amide bonds. The lowest BCUT2D eigenvalue weighted by molar-refractivity contribution is -0.661.